The van der Waals surface area contributed by atoms with Crippen molar-refractivity contribution in [3.8, 4) is 0 Å². The molecule has 0 amide bonds. The fraction of sp³-hybridized carbons (Fsp3) is 0.938. The van der Waals surface area contributed by atoms with Gasteiger partial charge in [-0.3, -0.25) is 4.79 Å². The van der Waals surface area contributed by atoms with Gasteiger partial charge in [0, 0.05) is 13.0 Å². The summed E-state index contributed by atoms with van der Waals surface area (Å²) in [6, 6.07) is 0. The number of aliphatic hydroxyl groups excluding tert-OH is 1. The van der Waals surface area contributed by atoms with E-state index in [4.69, 9.17) is 9.84 Å². The molecule has 0 unspecified atom stereocenters. The molecule has 0 atom stereocenters. The van der Waals surface area contributed by atoms with E-state index in [9.17, 15) is 4.79 Å². The van der Waals surface area contributed by atoms with Gasteiger partial charge < -0.3 is 9.84 Å². The molecule has 0 aliphatic rings. The minimum Gasteiger partial charge on any atom is -0.460 e. The summed E-state index contributed by atoms with van der Waals surface area (Å²) < 4.78 is 5.26. The molecule has 0 spiro atoms. The van der Waals surface area contributed by atoms with Crippen LogP contribution in [0.1, 0.15) is 85.0 Å². The fourth-order valence-electron chi connectivity index (χ4n) is 2.01. The van der Waals surface area contributed by atoms with E-state index in [-0.39, 0.29) is 11.6 Å². The molecule has 3 nitrogen and oxygen atoms in total. The molecule has 0 aliphatic carbocycles. The highest BCUT2D eigenvalue weighted by atomic mass is 16.6. The number of hydrogen-bond acceptors (Lipinski definition) is 3. The second-order valence-electron chi connectivity index (χ2n) is 6.24. The van der Waals surface area contributed by atoms with Crippen LogP contribution in [0.2, 0.25) is 0 Å². The van der Waals surface area contributed by atoms with Crippen LogP contribution in [0.3, 0.4) is 0 Å². The SMILES string of the molecule is CC(C)(C)OC(=O)CCCCCCCCCCCO. The van der Waals surface area contributed by atoms with Crippen molar-refractivity contribution in [3.05, 3.63) is 0 Å². The summed E-state index contributed by atoms with van der Waals surface area (Å²) in [6.45, 7) is 6.04. The summed E-state index contributed by atoms with van der Waals surface area (Å²) >= 11 is 0. The van der Waals surface area contributed by atoms with Crippen molar-refractivity contribution in [3.63, 3.8) is 0 Å². The number of rotatable bonds is 11. The number of hydrogen-bond donors (Lipinski definition) is 1. The molecule has 0 aromatic heterocycles. The third-order valence-electron chi connectivity index (χ3n) is 2.96. The summed E-state index contributed by atoms with van der Waals surface area (Å²) in [7, 11) is 0. The van der Waals surface area contributed by atoms with E-state index in [1.54, 1.807) is 0 Å². The lowest BCUT2D eigenvalue weighted by atomic mass is 10.1. The highest BCUT2D eigenvalue weighted by Gasteiger charge is 2.15. The van der Waals surface area contributed by atoms with Gasteiger partial charge in [-0.25, -0.2) is 0 Å². The van der Waals surface area contributed by atoms with Gasteiger partial charge >= 0.3 is 5.97 Å². The van der Waals surface area contributed by atoms with E-state index in [1.807, 2.05) is 20.8 Å². The molecular formula is C16H32O3. The van der Waals surface area contributed by atoms with Crippen LogP contribution in [0.15, 0.2) is 0 Å². The third-order valence-corrected chi connectivity index (χ3v) is 2.96. The molecule has 0 bridgehead atoms. The van der Waals surface area contributed by atoms with Gasteiger partial charge in [-0.05, 0) is 33.6 Å². The van der Waals surface area contributed by atoms with Crippen LogP contribution in [0.25, 0.3) is 0 Å². The lowest BCUT2D eigenvalue weighted by Gasteiger charge is -2.19. The summed E-state index contributed by atoms with van der Waals surface area (Å²) in [5.41, 5.74) is -0.356. The van der Waals surface area contributed by atoms with Crippen LogP contribution in [-0.2, 0) is 9.53 Å². The Balaban J connectivity index is 3.21. The van der Waals surface area contributed by atoms with E-state index in [1.165, 1.54) is 32.1 Å². The van der Waals surface area contributed by atoms with Gasteiger partial charge in [-0.1, -0.05) is 44.9 Å². The van der Waals surface area contributed by atoms with Crippen molar-refractivity contribution in [1.82, 2.24) is 0 Å². The molecule has 0 fully saturated rings. The topological polar surface area (TPSA) is 46.5 Å². The first-order valence-corrected chi connectivity index (χ1v) is 7.78. The van der Waals surface area contributed by atoms with Crippen molar-refractivity contribution >= 4 is 5.97 Å². The molecule has 19 heavy (non-hydrogen) atoms. The second-order valence-corrected chi connectivity index (χ2v) is 6.24. The van der Waals surface area contributed by atoms with E-state index in [0.717, 1.165) is 25.7 Å². The molecule has 0 aromatic carbocycles. The largest absolute Gasteiger partial charge is 0.460 e. The second kappa shape index (κ2) is 11.3. The maximum Gasteiger partial charge on any atom is 0.306 e. The Morgan fingerprint density at radius 1 is 0.842 bits per heavy atom. The lowest BCUT2D eigenvalue weighted by molar-refractivity contribution is -0.154. The van der Waals surface area contributed by atoms with Crippen LogP contribution in [0.4, 0.5) is 0 Å². The zero-order chi connectivity index (χ0) is 14.6. The molecule has 0 saturated carbocycles. The van der Waals surface area contributed by atoms with Crippen molar-refractivity contribution in [2.75, 3.05) is 6.61 Å². The molecule has 0 aromatic rings. The van der Waals surface area contributed by atoms with Crippen LogP contribution < -0.4 is 0 Å². The first-order valence-electron chi connectivity index (χ1n) is 7.78. The Labute approximate surface area is 118 Å². The molecule has 1 N–H and O–H groups in total. The predicted molar refractivity (Wildman–Crippen MR) is 79.1 cm³/mol. The standard InChI is InChI=1S/C16H32O3/c1-16(2,3)19-15(18)13-11-9-7-5-4-6-8-10-12-14-17/h17H,4-14H2,1-3H3. The average Bonchev–Trinajstić information content (AvgIpc) is 2.29. The van der Waals surface area contributed by atoms with Gasteiger partial charge in [0.25, 0.3) is 0 Å². The molecule has 0 heterocycles. The number of esters is 1. The smallest absolute Gasteiger partial charge is 0.306 e. The van der Waals surface area contributed by atoms with Crippen molar-refractivity contribution in [1.29, 1.82) is 0 Å². The van der Waals surface area contributed by atoms with Crippen molar-refractivity contribution in [2.24, 2.45) is 0 Å². The lowest BCUT2D eigenvalue weighted by Crippen LogP contribution is -2.23. The van der Waals surface area contributed by atoms with Crippen molar-refractivity contribution < 1.29 is 14.6 Å². The van der Waals surface area contributed by atoms with Crippen LogP contribution >= 0.6 is 0 Å². The van der Waals surface area contributed by atoms with E-state index >= 15 is 0 Å². The number of ether oxygens (including phenoxy) is 1. The Morgan fingerprint density at radius 3 is 1.68 bits per heavy atom. The summed E-state index contributed by atoms with van der Waals surface area (Å²) in [5, 5.41) is 8.64. The normalized spacial score (nSPS) is 11.6. The molecule has 3 heteroatoms. The number of aliphatic hydroxyl groups is 1. The molecule has 0 rings (SSSR count). The zero-order valence-electron chi connectivity index (χ0n) is 13.0. The van der Waals surface area contributed by atoms with Gasteiger partial charge in [-0.15, -0.1) is 0 Å². The fourth-order valence-corrected chi connectivity index (χ4v) is 2.01. The summed E-state index contributed by atoms with van der Waals surface area (Å²) in [5.74, 6) is -0.0727. The molecule has 0 radical (unpaired) electrons. The number of carbonyl (C=O) groups excluding carboxylic acids is 1. The zero-order valence-corrected chi connectivity index (χ0v) is 13.0. The average molecular weight is 272 g/mol. The first kappa shape index (κ1) is 18.4. The molecular weight excluding hydrogens is 240 g/mol. The van der Waals surface area contributed by atoms with Crippen LogP contribution in [0, 0.1) is 0 Å². The minimum absolute atomic E-state index is 0.0727. The van der Waals surface area contributed by atoms with Gasteiger partial charge in [0.15, 0.2) is 0 Å². The van der Waals surface area contributed by atoms with Gasteiger partial charge in [0.05, 0.1) is 0 Å². The monoisotopic (exact) mass is 272 g/mol. The highest BCUT2D eigenvalue weighted by molar-refractivity contribution is 5.69. The molecule has 0 aliphatic heterocycles. The maximum absolute atomic E-state index is 11.5. The first-order chi connectivity index (χ1) is 8.95. The third kappa shape index (κ3) is 15.4. The number of carbonyl (C=O) groups is 1. The van der Waals surface area contributed by atoms with E-state index in [0.29, 0.717) is 13.0 Å². The van der Waals surface area contributed by atoms with Gasteiger partial charge in [0.1, 0.15) is 5.60 Å². The highest BCUT2D eigenvalue weighted by Crippen LogP contribution is 2.13. The quantitative estimate of drug-likeness (QED) is 0.452. The number of unbranched alkanes of at least 4 members (excludes halogenated alkanes) is 8. The van der Waals surface area contributed by atoms with Gasteiger partial charge in [0.2, 0.25) is 0 Å². The summed E-state index contributed by atoms with van der Waals surface area (Å²) in [4.78, 5) is 11.5. The Morgan fingerprint density at radius 2 is 1.26 bits per heavy atom. The Hall–Kier alpha value is -0.570. The van der Waals surface area contributed by atoms with Crippen molar-refractivity contribution in [2.45, 2.75) is 90.6 Å². The maximum atomic E-state index is 11.5. The van der Waals surface area contributed by atoms with Crippen LogP contribution in [0.5, 0.6) is 0 Å². The Bertz CT molecular complexity index is 219. The summed E-state index contributed by atoms with van der Waals surface area (Å²) in [6.07, 6.45) is 11.0. The van der Waals surface area contributed by atoms with Crippen LogP contribution in [-0.4, -0.2) is 23.3 Å². The minimum atomic E-state index is -0.356. The van der Waals surface area contributed by atoms with E-state index in [2.05, 4.69) is 0 Å². The van der Waals surface area contributed by atoms with E-state index < -0.39 is 0 Å². The predicted octanol–water partition coefficient (Wildman–Crippen LogP) is 4.22. The Kier molecular flexibility index (Phi) is 10.9. The van der Waals surface area contributed by atoms with Gasteiger partial charge in [-0.2, -0.15) is 0 Å². The molecule has 114 valence electrons. The molecule has 0 saturated heterocycles.